The fraction of sp³-hybridized carbons (Fsp3) is 0.545. The van der Waals surface area contributed by atoms with Gasteiger partial charge in [-0.3, -0.25) is 0 Å². The van der Waals surface area contributed by atoms with E-state index in [1.165, 1.54) is 0 Å². The largest absolute Gasteiger partial charge is 0.460 e. The van der Waals surface area contributed by atoms with Crippen molar-refractivity contribution in [3.63, 3.8) is 0 Å². The number of nitrogens with zero attached hydrogens (tertiary/aromatic N) is 2. The van der Waals surface area contributed by atoms with Gasteiger partial charge in [-0.25, -0.2) is 14.8 Å². The monoisotopic (exact) mass is 208 g/mol. The number of ether oxygens (including phenoxy) is 1. The number of carbonyl (C=O) groups excluding carboxylic acids is 1. The first-order valence-corrected chi connectivity index (χ1v) is 5.19. The molecule has 0 fully saturated rings. The van der Waals surface area contributed by atoms with Crippen LogP contribution in [-0.2, 0) is 11.2 Å². The minimum Gasteiger partial charge on any atom is -0.460 e. The van der Waals surface area contributed by atoms with Gasteiger partial charge in [0.25, 0.3) is 0 Å². The molecule has 0 saturated carbocycles. The molecule has 1 rings (SSSR count). The summed E-state index contributed by atoms with van der Waals surface area (Å²) in [7, 11) is 0. The molecule has 4 heteroatoms. The number of carbonyl (C=O) groups is 1. The minimum atomic E-state index is -0.446. The van der Waals surface area contributed by atoms with Crippen LogP contribution < -0.4 is 0 Å². The van der Waals surface area contributed by atoms with Gasteiger partial charge in [0, 0.05) is 11.4 Å². The Kier molecular flexibility index (Phi) is 4.21. The number of aryl methyl sites for hydroxylation is 2. The smallest absolute Gasteiger partial charge is 0.376 e. The molecule has 0 saturated heterocycles. The number of hydrogen-bond donors (Lipinski definition) is 0. The Morgan fingerprint density at radius 2 is 2.13 bits per heavy atom. The van der Waals surface area contributed by atoms with E-state index in [0.717, 1.165) is 24.2 Å². The molecule has 1 aromatic heterocycles. The van der Waals surface area contributed by atoms with Gasteiger partial charge in [-0.1, -0.05) is 13.3 Å². The molecule has 0 amide bonds. The Morgan fingerprint density at radius 1 is 1.40 bits per heavy atom. The third-order valence-corrected chi connectivity index (χ3v) is 1.87. The number of hydrogen-bond acceptors (Lipinski definition) is 4. The van der Waals surface area contributed by atoms with Crippen molar-refractivity contribution in [2.75, 3.05) is 6.61 Å². The molecule has 0 aliphatic heterocycles. The molecule has 0 radical (unpaired) electrons. The molecule has 15 heavy (non-hydrogen) atoms. The third kappa shape index (κ3) is 3.31. The first kappa shape index (κ1) is 11.6. The number of rotatable bonds is 4. The van der Waals surface area contributed by atoms with Gasteiger partial charge in [0.15, 0.2) is 0 Å². The Hall–Kier alpha value is -1.45. The zero-order valence-electron chi connectivity index (χ0n) is 9.41. The Balaban J connectivity index is 2.92. The summed E-state index contributed by atoms with van der Waals surface area (Å²) >= 11 is 0. The van der Waals surface area contributed by atoms with Gasteiger partial charge in [-0.05, 0) is 26.3 Å². The summed E-state index contributed by atoms with van der Waals surface area (Å²) in [6.07, 6.45) is 1.86. The van der Waals surface area contributed by atoms with Gasteiger partial charge in [0.05, 0.1) is 6.61 Å². The molecule has 0 atom stereocenters. The van der Waals surface area contributed by atoms with Crippen molar-refractivity contribution < 1.29 is 9.53 Å². The lowest BCUT2D eigenvalue weighted by Crippen LogP contribution is -2.12. The maximum Gasteiger partial charge on any atom is 0.376 e. The van der Waals surface area contributed by atoms with Crippen LogP contribution in [-0.4, -0.2) is 22.5 Å². The Morgan fingerprint density at radius 3 is 2.73 bits per heavy atom. The highest BCUT2D eigenvalue weighted by Crippen LogP contribution is 2.04. The predicted octanol–water partition coefficient (Wildman–Crippen LogP) is 1.91. The van der Waals surface area contributed by atoms with Crippen molar-refractivity contribution >= 4 is 5.97 Å². The lowest BCUT2D eigenvalue weighted by molar-refractivity contribution is 0.0511. The summed E-state index contributed by atoms with van der Waals surface area (Å²) in [5, 5.41) is 0. The maximum absolute atomic E-state index is 11.4. The van der Waals surface area contributed by atoms with E-state index in [1.54, 1.807) is 6.92 Å². The third-order valence-electron chi connectivity index (χ3n) is 1.87. The van der Waals surface area contributed by atoms with Crippen LogP contribution in [0.3, 0.4) is 0 Å². The quantitative estimate of drug-likeness (QED) is 0.709. The van der Waals surface area contributed by atoms with Crippen LogP contribution in [0.2, 0.25) is 0 Å². The van der Waals surface area contributed by atoms with Crippen LogP contribution in [0.5, 0.6) is 0 Å². The average molecular weight is 208 g/mol. The molecule has 0 aliphatic carbocycles. The molecule has 0 bridgehead atoms. The van der Waals surface area contributed by atoms with E-state index < -0.39 is 5.97 Å². The van der Waals surface area contributed by atoms with Gasteiger partial charge < -0.3 is 4.74 Å². The van der Waals surface area contributed by atoms with Crippen molar-refractivity contribution in [1.82, 2.24) is 9.97 Å². The lowest BCUT2D eigenvalue weighted by atomic mass is 10.2. The highest BCUT2D eigenvalue weighted by Gasteiger charge is 2.11. The normalized spacial score (nSPS) is 10.1. The molecule has 0 N–H and O–H groups in total. The standard InChI is InChI=1S/C11H16N2O2/c1-4-6-9-7-8(3)12-10(13-9)11(14)15-5-2/h7H,4-6H2,1-3H3. The second kappa shape index (κ2) is 5.44. The van der Waals surface area contributed by atoms with Crippen molar-refractivity contribution in [3.05, 3.63) is 23.3 Å². The van der Waals surface area contributed by atoms with E-state index in [4.69, 9.17) is 4.74 Å². The SMILES string of the molecule is CCCc1cc(C)nc(C(=O)OCC)n1. The molecule has 0 aromatic carbocycles. The van der Waals surface area contributed by atoms with Gasteiger partial charge in [0.1, 0.15) is 0 Å². The van der Waals surface area contributed by atoms with Gasteiger partial charge in [-0.2, -0.15) is 0 Å². The van der Waals surface area contributed by atoms with Crippen molar-refractivity contribution in [2.45, 2.75) is 33.6 Å². The fourth-order valence-corrected chi connectivity index (χ4v) is 1.30. The summed E-state index contributed by atoms with van der Waals surface area (Å²) in [5.41, 5.74) is 1.70. The maximum atomic E-state index is 11.4. The predicted molar refractivity (Wildman–Crippen MR) is 56.7 cm³/mol. The lowest BCUT2D eigenvalue weighted by Gasteiger charge is -2.04. The van der Waals surface area contributed by atoms with E-state index in [-0.39, 0.29) is 5.82 Å². The molecule has 82 valence electrons. The summed E-state index contributed by atoms with van der Waals surface area (Å²) in [6, 6.07) is 1.90. The number of aromatic nitrogens is 2. The number of esters is 1. The van der Waals surface area contributed by atoms with Crippen LogP contribution in [0.25, 0.3) is 0 Å². The van der Waals surface area contributed by atoms with Gasteiger partial charge >= 0.3 is 5.97 Å². The highest BCUT2D eigenvalue weighted by atomic mass is 16.5. The zero-order chi connectivity index (χ0) is 11.3. The second-order valence-corrected chi connectivity index (χ2v) is 3.29. The Labute approximate surface area is 89.7 Å². The topological polar surface area (TPSA) is 52.1 Å². The van der Waals surface area contributed by atoms with Crippen LogP contribution >= 0.6 is 0 Å². The summed E-state index contributed by atoms with van der Waals surface area (Å²) in [5.74, 6) is -0.279. The average Bonchev–Trinajstić information content (AvgIpc) is 2.17. The van der Waals surface area contributed by atoms with Gasteiger partial charge in [-0.15, -0.1) is 0 Å². The molecular formula is C11H16N2O2. The van der Waals surface area contributed by atoms with E-state index in [9.17, 15) is 4.79 Å². The first-order chi connectivity index (χ1) is 7.17. The Bertz CT molecular complexity index is 350. The molecule has 0 aliphatic rings. The van der Waals surface area contributed by atoms with Crippen molar-refractivity contribution in [1.29, 1.82) is 0 Å². The minimum absolute atomic E-state index is 0.167. The van der Waals surface area contributed by atoms with Crippen molar-refractivity contribution in [3.8, 4) is 0 Å². The summed E-state index contributed by atoms with van der Waals surface area (Å²) < 4.78 is 4.85. The molecule has 0 unspecified atom stereocenters. The summed E-state index contributed by atoms with van der Waals surface area (Å²) in [4.78, 5) is 19.6. The molecule has 0 spiro atoms. The molecular weight excluding hydrogens is 192 g/mol. The fourth-order valence-electron chi connectivity index (χ4n) is 1.30. The van der Waals surface area contributed by atoms with Crippen molar-refractivity contribution in [2.24, 2.45) is 0 Å². The van der Waals surface area contributed by atoms with Crippen LogP contribution in [0.1, 0.15) is 42.3 Å². The first-order valence-electron chi connectivity index (χ1n) is 5.19. The van der Waals surface area contributed by atoms with Crippen LogP contribution in [0, 0.1) is 6.92 Å². The molecule has 1 aromatic rings. The molecule has 1 heterocycles. The second-order valence-electron chi connectivity index (χ2n) is 3.29. The van der Waals surface area contributed by atoms with Crippen LogP contribution in [0.4, 0.5) is 0 Å². The summed E-state index contributed by atoms with van der Waals surface area (Å²) in [6.45, 7) is 6.03. The zero-order valence-corrected chi connectivity index (χ0v) is 9.41. The van der Waals surface area contributed by atoms with E-state index in [0.29, 0.717) is 6.61 Å². The molecule has 4 nitrogen and oxygen atoms in total. The van der Waals surface area contributed by atoms with E-state index in [2.05, 4.69) is 16.9 Å². The van der Waals surface area contributed by atoms with Gasteiger partial charge in [0.2, 0.25) is 5.82 Å². The van der Waals surface area contributed by atoms with Crippen LogP contribution in [0.15, 0.2) is 6.07 Å². The van der Waals surface area contributed by atoms with E-state index in [1.807, 2.05) is 13.0 Å². The van der Waals surface area contributed by atoms with E-state index >= 15 is 0 Å². The highest BCUT2D eigenvalue weighted by molar-refractivity contribution is 5.85.